The maximum atomic E-state index is 11.0. The van der Waals surface area contributed by atoms with E-state index in [1.165, 1.54) is 11.3 Å². The molecule has 0 aliphatic heterocycles. The summed E-state index contributed by atoms with van der Waals surface area (Å²) in [6, 6.07) is 0. The molecule has 0 aromatic carbocycles. The van der Waals surface area contributed by atoms with E-state index in [4.69, 9.17) is 0 Å². The number of hydrogen-bond donors (Lipinski definition) is 1. The molecule has 1 aromatic rings. The van der Waals surface area contributed by atoms with E-state index in [2.05, 4.69) is 15.5 Å². The quantitative estimate of drug-likeness (QED) is 0.806. The second-order valence-electron chi connectivity index (χ2n) is 2.77. The summed E-state index contributed by atoms with van der Waals surface area (Å²) in [6.07, 6.45) is 2.62. The molecule has 0 saturated heterocycles. The zero-order chi connectivity index (χ0) is 9.68. The van der Waals surface area contributed by atoms with Crippen LogP contribution in [0, 0.1) is 0 Å². The van der Waals surface area contributed by atoms with Crippen molar-refractivity contribution in [3.05, 3.63) is 5.51 Å². The first-order valence-corrected chi connectivity index (χ1v) is 6.52. The minimum atomic E-state index is -0.731. The molecule has 0 aliphatic rings. The summed E-state index contributed by atoms with van der Waals surface area (Å²) in [5, 5.41) is 11.7. The number of rotatable bonds is 5. The Bertz CT molecular complexity index is 263. The molecule has 0 amide bonds. The number of anilines is 1. The van der Waals surface area contributed by atoms with Crippen molar-refractivity contribution in [3.8, 4) is 0 Å². The fraction of sp³-hybridized carbons (Fsp3) is 0.714. The molecule has 2 atom stereocenters. The van der Waals surface area contributed by atoms with Gasteiger partial charge in [0.2, 0.25) is 5.13 Å². The van der Waals surface area contributed by atoms with E-state index in [0.717, 1.165) is 18.1 Å². The molecular weight excluding hydrogens is 206 g/mol. The number of aromatic nitrogens is 2. The van der Waals surface area contributed by atoms with Gasteiger partial charge in [0.15, 0.2) is 0 Å². The highest BCUT2D eigenvalue weighted by atomic mass is 32.2. The third-order valence-electron chi connectivity index (χ3n) is 1.75. The van der Waals surface area contributed by atoms with Crippen LogP contribution in [-0.2, 0) is 10.8 Å². The van der Waals surface area contributed by atoms with Crippen molar-refractivity contribution in [1.82, 2.24) is 10.2 Å². The molecule has 0 fully saturated rings. The van der Waals surface area contributed by atoms with Crippen molar-refractivity contribution in [3.63, 3.8) is 0 Å². The Labute approximate surface area is 84.2 Å². The molecular formula is C7H13N3OS2. The fourth-order valence-corrected chi connectivity index (χ4v) is 1.72. The lowest BCUT2D eigenvalue weighted by Crippen LogP contribution is -2.14. The van der Waals surface area contributed by atoms with Gasteiger partial charge in [-0.25, -0.2) is 0 Å². The molecule has 0 spiro atoms. The van der Waals surface area contributed by atoms with E-state index < -0.39 is 10.8 Å². The van der Waals surface area contributed by atoms with Crippen LogP contribution in [0.15, 0.2) is 5.51 Å². The lowest BCUT2D eigenvalue weighted by molar-refractivity contribution is 0.672. The van der Waals surface area contributed by atoms with Crippen LogP contribution < -0.4 is 5.32 Å². The Hall–Kier alpha value is -0.490. The fourth-order valence-electron chi connectivity index (χ4n) is 0.798. The van der Waals surface area contributed by atoms with Gasteiger partial charge in [0.25, 0.3) is 0 Å². The highest BCUT2D eigenvalue weighted by molar-refractivity contribution is 7.84. The summed E-state index contributed by atoms with van der Waals surface area (Å²) < 4.78 is 11.0. The molecule has 0 radical (unpaired) electrons. The smallest absolute Gasteiger partial charge is 0.205 e. The second kappa shape index (κ2) is 5.29. The second-order valence-corrected chi connectivity index (χ2v) is 5.40. The van der Waals surface area contributed by atoms with Crippen molar-refractivity contribution in [2.24, 2.45) is 0 Å². The minimum absolute atomic E-state index is 0.237. The Morgan fingerprint density at radius 3 is 3.08 bits per heavy atom. The minimum Gasteiger partial charge on any atom is -0.360 e. The predicted octanol–water partition coefficient (Wildman–Crippen LogP) is 1.11. The van der Waals surface area contributed by atoms with Crippen LogP contribution in [0.3, 0.4) is 0 Å². The average molecular weight is 219 g/mol. The molecule has 1 rings (SSSR count). The zero-order valence-corrected chi connectivity index (χ0v) is 9.32. The lowest BCUT2D eigenvalue weighted by Gasteiger charge is -2.07. The van der Waals surface area contributed by atoms with Crippen molar-refractivity contribution in [1.29, 1.82) is 0 Å². The maximum Gasteiger partial charge on any atom is 0.205 e. The molecule has 13 heavy (non-hydrogen) atoms. The van der Waals surface area contributed by atoms with Crippen LogP contribution in [0.4, 0.5) is 5.13 Å². The molecule has 1 aromatic heterocycles. The summed E-state index contributed by atoms with van der Waals surface area (Å²) in [4.78, 5) is 0. The van der Waals surface area contributed by atoms with E-state index in [0.29, 0.717) is 0 Å². The standard InChI is InChI=1S/C7H13N3OS2/c1-6(13(2)11)3-4-8-7-10-9-5-12-7/h5-6H,3-4H2,1-2H3,(H,8,10). The third-order valence-corrected chi connectivity index (χ3v) is 3.77. The van der Waals surface area contributed by atoms with Crippen LogP contribution >= 0.6 is 11.3 Å². The average Bonchev–Trinajstić information content (AvgIpc) is 2.56. The van der Waals surface area contributed by atoms with Gasteiger partial charge in [-0.2, -0.15) is 0 Å². The maximum absolute atomic E-state index is 11.0. The topological polar surface area (TPSA) is 54.9 Å². The summed E-state index contributed by atoms with van der Waals surface area (Å²) >= 11 is 1.47. The highest BCUT2D eigenvalue weighted by Crippen LogP contribution is 2.08. The van der Waals surface area contributed by atoms with Gasteiger partial charge in [-0.3, -0.25) is 4.21 Å². The Kier molecular flexibility index (Phi) is 4.31. The van der Waals surface area contributed by atoms with Gasteiger partial charge in [-0.1, -0.05) is 18.3 Å². The molecule has 0 saturated carbocycles. The van der Waals surface area contributed by atoms with E-state index in [-0.39, 0.29) is 5.25 Å². The number of nitrogens with one attached hydrogen (secondary N) is 1. The molecule has 1 heterocycles. The van der Waals surface area contributed by atoms with Crippen LogP contribution in [-0.4, -0.2) is 32.5 Å². The largest absolute Gasteiger partial charge is 0.360 e. The molecule has 0 aliphatic carbocycles. The van der Waals surface area contributed by atoms with Gasteiger partial charge >= 0.3 is 0 Å². The van der Waals surface area contributed by atoms with Crippen LogP contribution in [0.25, 0.3) is 0 Å². The van der Waals surface area contributed by atoms with Crippen molar-refractivity contribution >= 4 is 27.3 Å². The van der Waals surface area contributed by atoms with Gasteiger partial charge in [-0.05, 0) is 6.42 Å². The first kappa shape index (κ1) is 10.6. The summed E-state index contributed by atoms with van der Waals surface area (Å²) in [6.45, 7) is 2.79. The van der Waals surface area contributed by atoms with Gasteiger partial charge in [0, 0.05) is 28.9 Å². The normalized spacial score (nSPS) is 15.2. The van der Waals surface area contributed by atoms with Gasteiger partial charge in [0.05, 0.1) is 0 Å². The highest BCUT2D eigenvalue weighted by Gasteiger charge is 2.05. The Balaban J connectivity index is 2.18. The number of nitrogens with zero attached hydrogens (tertiary/aromatic N) is 2. The van der Waals surface area contributed by atoms with Gasteiger partial charge in [0.1, 0.15) is 5.51 Å². The third kappa shape index (κ3) is 3.82. The molecule has 0 bridgehead atoms. The zero-order valence-electron chi connectivity index (χ0n) is 7.69. The summed E-state index contributed by atoms with van der Waals surface area (Å²) in [5.41, 5.74) is 1.68. The van der Waals surface area contributed by atoms with Crippen LogP contribution in [0.5, 0.6) is 0 Å². The predicted molar refractivity (Wildman–Crippen MR) is 56.5 cm³/mol. The van der Waals surface area contributed by atoms with Crippen LogP contribution in [0.2, 0.25) is 0 Å². The van der Waals surface area contributed by atoms with E-state index in [9.17, 15) is 4.21 Å². The van der Waals surface area contributed by atoms with Crippen LogP contribution in [0.1, 0.15) is 13.3 Å². The monoisotopic (exact) mass is 219 g/mol. The Morgan fingerprint density at radius 1 is 1.77 bits per heavy atom. The van der Waals surface area contributed by atoms with Crippen molar-refractivity contribution in [2.45, 2.75) is 18.6 Å². The van der Waals surface area contributed by atoms with E-state index in [1.54, 1.807) is 11.8 Å². The lowest BCUT2D eigenvalue weighted by atomic mass is 10.3. The molecule has 74 valence electrons. The SMILES string of the molecule is CC(CCNc1nncs1)S(C)=O. The Morgan fingerprint density at radius 2 is 2.54 bits per heavy atom. The molecule has 6 heteroatoms. The van der Waals surface area contributed by atoms with Gasteiger partial charge in [-0.15, -0.1) is 10.2 Å². The summed E-state index contributed by atoms with van der Waals surface area (Å²) in [5.74, 6) is 0. The van der Waals surface area contributed by atoms with E-state index in [1.807, 2.05) is 6.92 Å². The van der Waals surface area contributed by atoms with Gasteiger partial charge < -0.3 is 5.32 Å². The van der Waals surface area contributed by atoms with E-state index >= 15 is 0 Å². The first-order chi connectivity index (χ1) is 6.20. The van der Waals surface area contributed by atoms with Crippen molar-refractivity contribution in [2.75, 3.05) is 18.1 Å². The molecule has 2 unspecified atom stereocenters. The molecule has 4 nitrogen and oxygen atoms in total. The van der Waals surface area contributed by atoms with Crippen molar-refractivity contribution < 1.29 is 4.21 Å². The summed E-state index contributed by atoms with van der Waals surface area (Å²) in [7, 11) is -0.731. The number of hydrogen-bond acceptors (Lipinski definition) is 5. The first-order valence-electron chi connectivity index (χ1n) is 4.02. The molecule has 1 N–H and O–H groups in total.